The van der Waals surface area contributed by atoms with Crippen molar-refractivity contribution < 1.29 is 13.5 Å². The van der Waals surface area contributed by atoms with E-state index in [1.54, 1.807) is 6.92 Å². The molecule has 2 rings (SSSR count). The molecule has 1 fully saturated rings. The summed E-state index contributed by atoms with van der Waals surface area (Å²) < 4.78 is 31.8. The average molecular weight is 227 g/mol. The maximum absolute atomic E-state index is 13.4. The molecule has 4 heteroatoms. The smallest absolute Gasteiger partial charge is 0.190 e. The summed E-state index contributed by atoms with van der Waals surface area (Å²) in [7, 11) is 0. The zero-order valence-electron chi connectivity index (χ0n) is 9.22. The lowest BCUT2D eigenvalue weighted by molar-refractivity contribution is 0.302. The summed E-state index contributed by atoms with van der Waals surface area (Å²) in [6, 6.07) is 3.17. The Morgan fingerprint density at radius 3 is 2.44 bits per heavy atom. The molecule has 1 aliphatic rings. The summed E-state index contributed by atoms with van der Waals surface area (Å²) in [5, 5.41) is 3.20. The van der Waals surface area contributed by atoms with Gasteiger partial charge in [-0.3, -0.25) is 0 Å². The van der Waals surface area contributed by atoms with E-state index >= 15 is 0 Å². The van der Waals surface area contributed by atoms with Crippen LogP contribution >= 0.6 is 0 Å². The fourth-order valence-electron chi connectivity index (χ4n) is 1.55. The van der Waals surface area contributed by atoms with Gasteiger partial charge in [-0.05, 0) is 37.5 Å². The van der Waals surface area contributed by atoms with Crippen LogP contribution in [0.3, 0.4) is 0 Å². The minimum Gasteiger partial charge on any atom is -0.488 e. The first-order valence-corrected chi connectivity index (χ1v) is 5.54. The van der Waals surface area contributed by atoms with Crippen molar-refractivity contribution in [2.24, 2.45) is 0 Å². The van der Waals surface area contributed by atoms with Gasteiger partial charge in [0.05, 0.1) is 6.61 Å². The predicted octanol–water partition coefficient (Wildman–Crippen LogP) is 2.62. The first kappa shape index (κ1) is 11.3. The topological polar surface area (TPSA) is 21.3 Å². The van der Waals surface area contributed by atoms with Crippen LogP contribution in [-0.2, 0) is 6.54 Å². The molecule has 2 nitrogen and oxygen atoms in total. The Hall–Kier alpha value is -1.16. The number of hydrogen-bond donors (Lipinski definition) is 1. The standard InChI is InChI=1S/C12H15F2NO/c1-2-16-12-10(13)5-8(6-11(12)14)7-15-9-3-4-9/h5-6,9,15H,2-4,7H2,1H3. The van der Waals surface area contributed by atoms with E-state index in [1.165, 1.54) is 12.1 Å². The van der Waals surface area contributed by atoms with E-state index in [0.29, 0.717) is 18.2 Å². The second-order valence-corrected chi connectivity index (χ2v) is 3.98. The van der Waals surface area contributed by atoms with E-state index in [2.05, 4.69) is 5.32 Å². The Bertz CT molecular complexity index is 354. The van der Waals surface area contributed by atoms with Crippen molar-refractivity contribution >= 4 is 0 Å². The molecule has 1 aliphatic carbocycles. The second kappa shape index (κ2) is 4.78. The van der Waals surface area contributed by atoms with E-state index in [1.807, 2.05) is 0 Å². The van der Waals surface area contributed by atoms with Crippen molar-refractivity contribution in [2.75, 3.05) is 6.61 Å². The maximum Gasteiger partial charge on any atom is 0.190 e. The molecule has 1 aromatic rings. The van der Waals surface area contributed by atoms with Gasteiger partial charge in [0.15, 0.2) is 17.4 Å². The van der Waals surface area contributed by atoms with Crippen LogP contribution in [-0.4, -0.2) is 12.6 Å². The zero-order valence-corrected chi connectivity index (χ0v) is 9.22. The summed E-state index contributed by atoms with van der Waals surface area (Å²) in [6.07, 6.45) is 2.31. The quantitative estimate of drug-likeness (QED) is 0.834. The molecule has 0 bridgehead atoms. The van der Waals surface area contributed by atoms with Gasteiger partial charge in [-0.1, -0.05) is 0 Å². The van der Waals surface area contributed by atoms with Crippen molar-refractivity contribution in [1.29, 1.82) is 0 Å². The molecule has 0 unspecified atom stereocenters. The maximum atomic E-state index is 13.4. The number of halogens is 2. The Morgan fingerprint density at radius 2 is 1.94 bits per heavy atom. The number of benzene rings is 1. The van der Waals surface area contributed by atoms with Gasteiger partial charge in [0.1, 0.15) is 0 Å². The van der Waals surface area contributed by atoms with Gasteiger partial charge in [0.2, 0.25) is 0 Å². The third kappa shape index (κ3) is 2.70. The number of ether oxygens (including phenoxy) is 1. The highest BCUT2D eigenvalue weighted by Crippen LogP contribution is 2.24. The molecule has 1 N–H and O–H groups in total. The minimum atomic E-state index is -0.630. The van der Waals surface area contributed by atoms with Gasteiger partial charge >= 0.3 is 0 Å². The number of nitrogens with one attached hydrogen (secondary N) is 1. The average Bonchev–Trinajstić information content (AvgIpc) is 3.04. The Labute approximate surface area is 93.6 Å². The third-order valence-corrected chi connectivity index (χ3v) is 2.52. The predicted molar refractivity (Wildman–Crippen MR) is 57.4 cm³/mol. The van der Waals surface area contributed by atoms with Gasteiger partial charge in [-0.2, -0.15) is 0 Å². The summed E-state index contributed by atoms with van der Waals surface area (Å²) in [4.78, 5) is 0. The van der Waals surface area contributed by atoms with Gasteiger partial charge in [-0.15, -0.1) is 0 Å². The molecule has 0 radical (unpaired) electrons. The molecular weight excluding hydrogens is 212 g/mol. The third-order valence-electron chi connectivity index (χ3n) is 2.52. The summed E-state index contributed by atoms with van der Waals surface area (Å²) >= 11 is 0. The first-order chi connectivity index (χ1) is 7.70. The molecule has 0 atom stereocenters. The van der Waals surface area contributed by atoms with E-state index in [4.69, 9.17) is 4.74 Å². The van der Waals surface area contributed by atoms with Gasteiger partial charge in [0.25, 0.3) is 0 Å². The number of rotatable bonds is 5. The molecule has 88 valence electrons. The van der Waals surface area contributed by atoms with Crippen molar-refractivity contribution in [3.8, 4) is 5.75 Å². The first-order valence-electron chi connectivity index (χ1n) is 5.54. The summed E-state index contributed by atoms with van der Waals surface area (Å²) in [5.74, 6) is -1.54. The van der Waals surface area contributed by atoms with Crippen LogP contribution < -0.4 is 10.1 Å². The lowest BCUT2D eigenvalue weighted by Gasteiger charge is -2.09. The van der Waals surface area contributed by atoms with Gasteiger partial charge in [-0.25, -0.2) is 8.78 Å². The lowest BCUT2D eigenvalue weighted by atomic mass is 10.2. The molecule has 16 heavy (non-hydrogen) atoms. The van der Waals surface area contributed by atoms with Crippen LogP contribution in [0, 0.1) is 11.6 Å². The fraction of sp³-hybridized carbons (Fsp3) is 0.500. The van der Waals surface area contributed by atoms with Crippen LogP contribution in [0.1, 0.15) is 25.3 Å². The summed E-state index contributed by atoms with van der Waals surface area (Å²) in [5.41, 5.74) is 0.616. The highest BCUT2D eigenvalue weighted by Gasteiger charge is 2.20. The number of hydrogen-bond acceptors (Lipinski definition) is 2. The van der Waals surface area contributed by atoms with Gasteiger partial charge < -0.3 is 10.1 Å². The molecule has 1 aromatic carbocycles. The molecule has 1 saturated carbocycles. The van der Waals surface area contributed by atoms with Crippen LogP contribution in [0.25, 0.3) is 0 Å². The van der Waals surface area contributed by atoms with E-state index in [9.17, 15) is 8.78 Å². The molecule has 0 saturated heterocycles. The van der Waals surface area contributed by atoms with Crippen LogP contribution in [0.2, 0.25) is 0 Å². The summed E-state index contributed by atoms with van der Waals surface area (Å²) in [6.45, 7) is 2.46. The Balaban J connectivity index is 2.08. The largest absolute Gasteiger partial charge is 0.488 e. The molecule has 0 amide bonds. The molecule has 0 spiro atoms. The monoisotopic (exact) mass is 227 g/mol. The van der Waals surface area contributed by atoms with E-state index in [-0.39, 0.29) is 12.4 Å². The minimum absolute atomic E-state index is 0.257. The highest BCUT2D eigenvalue weighted by atomic mass is 19.1. The van der Waals surface area contributed by atoms with Crippen molar-refractivity contribution in [3.63, 3.8) is 0 Å². The molecule has 0 aliphatic heterocycles. The van der Waals surface area contributed by atoms with E-state index in [0.717, 1.165) is 12.8 Å². The van der Waals surface area contributed by atoms with Crippen molar-refractivity contribution in [3.05, 3.63) is 29.3 Å². The van der Waals surface area contributed by atoms with Crippen molar-refractivity contribution in [1.82, 2.24) is 5.32 Å². The van der Waals surface area contributed by atoms with Crippen LogP contribution in [0.15, 0.2) is 12.1 Å². The van der Waals surface area contributed by atoms with Crippen molar-refractivity contribution in [2.45, 2.75) is 32.4 Å². The van der Waals surface area contributed by atoms with Gasteiger partial charge in [0, 0.05) is 12.6 Å². The molecule has 0 heterocycles. The molecule has 0 aromatic heterocycles. The fourth-order valence-corrected chi connectivity index (χ4v) is 1.55. The van der Waals surface area contributed by atoms with Crippen LogP contribution in [0.4, 0.5) is 8.78 Å². The normalized spacial score (nSPS) is 15.2. The SMILES string of the molecule is CCOc1c(F)cc(CNC2CC2)cc1F. The Kier molecular flexibility index (Phi) is 3.39. The van der Waals surface area contributed by atoms with Crippen LogP contribution in [0.5, 0.6) is 5.75 Å². The zero-order chi connectivity index (χ0) is 11.5. The highest BCUT2D eigenvalue weighted by molar-refractivity contribution is 5.31. The van der Waals surface area contributed by atoms with E-state index < -0.39 is 11.6 Å². The second-order valence-electron chi connectivity index (χ2n) is 3.98. The molecular formula is C12H15F2NO. The lowest BCUT2D eigenvalue weighted by Crippen LogP contribution is -2.15. The Morgan fingerprint density at radius 1 is 1.31 bits per heavy atom.